The van der Waals surface area contributed by atoms with Gasteiger partial charge in [-0.05, 0) is 30.2 Å². The minimum absolute atomic E-state index is 0.177. The number of nitrogens with one attached hydrogen (secondary N) is 1. The van der Waals surface area contributed by atoms with Crippen molar-refractivity contribution in [2.75, 3.05) is 20.8 Å². The molecule has 0 saturated heterocycles. The predicted octanol–water partition coefficient (Wildman–Crippen LogP) is 2.17. The predicted molar refractivity (Wildman–Crippen MR) is 83.2 cm³/mol. The Morgan fingerprint density at radius 2 is 1.77 bits per heavy atom. The highest BCUT2D eigenvalue weighted by atomic mass is 16.6. The van der Waals surface area contributed by atoms with Gasteiger partial charge in [-0.3, -0.25) is 9.59 Å². The summed E-state index contributed by atoms with van der Waals surface area (Å²) in [5, 5.41) is 2.74. The summed E-state index contributed by atoms with van der Waals surface area (Å²) in [6.07, 6.45) is 3.93. The van der Waals surface area contributed by atoms with Crippen molar-refractivity contribution in [3.63, 3.8) is 0 Å². The average molecular weight is 307 g/mol. The number of esters is 1. The van der Waals surface area contributed by atoms with Crippen molar-refractivity contribution in [2.45, 2.75) is 20.3 Å². The Hall–Kier alpha value is -2.50. The molecule has 0 spiro atoms. The largest absolute Gasteiger partial charge is 0.493 e. The second kappa shape index (κ2) is 8.71. The molecule has 0 heterocycles. The van der Waals surface area contributed by atoms with Crippen molar-refractivity contribution in [1.82, 2.24) is 5.32 Å². The van der Waals surface area contributed by atoms with E-state index in [9.17, 15) is 9.59 Å². The van der Waals surface area contributed by atoms with E-state index in [1.54, 1.807) is 18.2 Å². The monoisotopic (exact) mass is 307 g/mol. The molecule has 1 amide bonds. The van der Waals surface area contributed by atoms with Gasteiger partial charge in [-0.15, -0.1) is 0 Å². The summed E-state index contributed by atoms with van der Waals surface area (Å²) in [4.78, 5) is 22.7. The van der Waals surface area contributed by atoms with Crippen LogP contribution < -0.4 is 19.5 Å². The van der Waals surface area contributed by atoms with Crippen molar-refractivity contribution >= 4 is 18.0 Å². The lowest BCUT2D eigenvalue weighted by molar-refractivity contribution is -0.132. The fourth-order valence-corrected chi connectivity index (χ4v) is 1.72. The summed E-state index contributed by atoms with van der Waals surface area (Å²) in [5.74, 6) is 0.263. The highest BCUT2D eigenvalue weighted by Crippen LogP contribution is 2.39. The van der Waals surface area contributed by atoms with Crippen LogP contribution in [0.15, 0.2) is 18.2 Å². The number of carbonyl (C=O) groups is 2. The Morgan fingerprint density at radius 3 is 2.23 bits per heavy atom. The average Bonchev–Trinajstić information content (AvgIpc) is 2.50. The minimum Gasteiger partial charge on any atom is -0.493 e. The second-order valence-electron chi connectivity index (χ2n) is 4.47. The Kier molecular flexibility index (Phi) is 6.95. The number of rotatable bonds is 7. The Balaban J connectivity index is 3.05. The van der Waals surface area contributed by atoms with Gasteiger partial charge in [0.1, 0.15) is 0 Å². The van der Waals surface area contributed by atoms with E-state index in [1.165, 1.54) is 27.2 Å². The molecule has 6 nitrogen and oxygen atoms in total. The van der Waals surface area contributed by atoms with Crippen molar-refractivity contribution in [2.24, 2.45) is 0 Å². The van der Waals surface area contributed by atoms with Crippen LogP contribution in [0.3, 0.4) is 0 Å². The second-order valence-corrected chi connectivity index (χ2v) is 4.47. The molecule has 0 aromatic heterocycles. The molecule has 1 aromatic carbocycles. The van der Waals surface area contributed by atoms with Crippen molar-refractivity contribution < 1.29 is 23.8 Å². The third kappa shape index (κ3) is 5.12. The Morgan fingerprint density at radius 1 is 1.18 bits per heavy atom. The summed E-state index contributed by atoms with van der Waals surface area (Å²) in [6, 6.07) is 3.31. The highest BCUT2D eigenvalue weighted by molar-refractivity contribution is 5.91. The molecule has 1 aromatic rings. The summed E-state index contributed by atoms with van der Waals surface area (Å²) in [7, 11) is 2.92. The van der Waals surface area contributed by atoms with Crippen LogP contribution in [0.25, 0.3) is 6.08 Å². The van der Waals surface area contributed by atoms with Crippen molar-refractivity contribution in [1.29, 1.82) is 0 Å². The molecule has 0 aliphatic carbocycles. The van der Waals surface area contributed by atoms with Crippen molar-refractivity contribution in [3.05, 3.63) is 23.8 Å². The lowest BCUT2D eigenvalue weighted by atomic mass is 10.1. The fraction of sp³-hybridized carbons (Fsp3) is 0.375. The maximum atomic E-state index is 11.6. The number of methoxy groups -OCH3 is 2. The van der Waals surface area contributed by atoms with Crippen LogP contribution in [0, 0.1) is 0 Å². The molecule has 0 aliphatic heterocycles. The molecule has 6 heteroatoms. The van der Waals surface area contributed by atoms with E-state index in [0.717, 1.165) is 6.42 Å². The first-order valence-corrected chi connectivity index (χ1v) is 6.92. The molecule has 22 heavy (non-hydrogen) atoms. The van der Waals surface area contributed by atoms with Gasteiger partial charge in [-0.1, -0.05) is 6.92 Å². The van der Waals surface area contributed by atoms with Crippen LogP contribution in [0.5, 0.6) is 17.2 Å². The zero-order valence-electron chi connectivity index (χ0n) is 13.3. The molecule has 0 fully saturated rings. The lowest BCUT2D eigenvalue weighted by Gasteiger charge is -2.13. The third-order valence-corrected chi connectivity index (χ3v) is 2.71. The molecule has 0 aliphatic rings. The molecule has 0 bridgehead atoms. The summed E-state index contributed by atoms with van der Waals surface area (Å²) in [5.41, 5.74) is 0.691. The molecule has 0 radical (unpaired) electrons. The van der Waals surface area contributed by atoms with Gasteiger partial charge in [0.2, 0.25) is 11.7 Å². The molecule has 0 atom stereocenters. The summed E-state index contributed by atoms with van der Waals surface area (Å²) < 4.78 is 15.5. The molecular formula is C16H21NO5. The van der Waals surface area contributed by atoms with Crippen LogP contribution >= 0.6 is 0 Å². The quantitative estimate of drug-likeness (QED) is 0.475. The van der Waals surface area contributed by atoms with Crippen LogP contribution in [-0.2, 0) is 9.59 Å². The highest BCUT2D eigenvalue weighted by Gasteiger charge is 2.15. The molecule has 0 saturated carbocycles. The van der Waals surface area contributed by atoms with Crippen molar-refractivity contribution in [3.8, 4) is 17.2 Å². The number of amides is 1. The van der Waals surface area contributed by atoms with E-state index < -0.39 is 5.97 Å². The lowest BCUT2D eigenvalue weighted by Crippen LogP contribution is -2.21. The number of carbonyl (C=O) groups excluding carboxylic acids is 2. The van der Waals surface area contributed by atoms with E-state index in [4.69, 9.17) is 14.2 Å². The van der Waals surface area contributed by atoms with Gasteiger partial charge in [0, 0.05) is 19.5 Å². The van der Waals surface area contributed by atoms with Gasteiger partial charge in [-0.2, -0.15) is 0 Å². The number of benzene rings is 1. The zero-order chi connectivity index (χ0) is 16.5. The van der Waals surface area contributed by atoms with Crippen LogP contribution in [0.2, 0.25) is 0 Å². The molecule has 1 N–H and O–H groups in total. The molecule has 0 unspecified atom stereocenters. The van der Waals surface area contributed by atoms with E-state index >= 15 is 0 Å². The van der Waals surface area contributed by atoms with Gasteiger partial charge in [-0.25, -0.2) is 0 Å². The van der Waals surface area contributed by atoms with E-state index in [0.29, 0.717) is 23.6 Å². The first-order chi connectivity index (χ1) is 10.5. The van der Waals surface area contributed by atoms with E-state index in [-0.39, 0.29) is 11.7 Å². The maximum absolute atomic E-state index is 11.6. The molecular weight excluding hydrogens is 286 g/mol. The third-order valence-electron chi connectivity index (χ3n) is 2.71. The van der Waals surface area contributed by atoms with Gasteiger partial charge < -0.3 is 19.5 Å². The Labute approximate surface area is 130 Å². The summed E-state index contributed by atoms with van der Waals surface area (Å²) >= 11 is 0. The smallest absolute Gasteiger partial charge is 0.308 e. The molecule has 1 rings (SSSR count). The van der Waals surface area contributed by atoms with Gasteiger partial charge >= 0.3 is 5.97 Å². The number of hydrogen-bond donors (Lipinski definition) is 1. The van der Waals surface area contributed by atoms with Crippen LogP contribution in [0.1, 0.15) is 25.8 Å². The van der Waals surface area contributed by atoms with Gasteiger partial charge in [0.15, 0.2) is 11.5 Å². The number of hydrogen-bond acceptors (Lipinski definition) is 5. The molecule has 120 valence electrons. The van der Waals surface area contributed by atoms with Gasteiger partial charge in [0.05, 0.1) is 14.2 Å². The standard InChI is InChI=1S/C16H21NO5/c1-5-8-17-15(19)7-6-12-9-13(20-3)16(22-11(2)18)14(10-12)21-4/h6-7,9-10H,5,8H2,1-4H3,(H,17,19)/b7-6+. The van der Waals surface area contributed by atoms with Gasteiger partial charge in [0.25, 0.3) is 0 Å². The Bertz CT molecular complexity index is 541. The zero-order valence-corrected chi connectivity index (χ0v) is 13.3. The van der Waals surface area contributed by atoms with E-state index in [2.05, 4.69) is 5.32 Å². The summed E-state index contributed by atoms with van der Waals surface area (Å²) in [6.45, 7) is 3.90. The fourth-order valence-electron chi connectivity index (χ4n) is 1.72. The van der Waals surface area contributed by atoms with E-state index in [1.807, 2.05) is 6.92 Å². The first kappa shape index (κ1) is 17.6. The van der Waals surface area contributed by atoms with Crippen LogP contribution in [0.4, 0.5) is 0 Å². The maximum Gasteiger partial charge on any atom is 0.308 e. The van der Waals surface area contributed by atoms with Crippen LogP contribution in [-0.4, -0.2) is 32.6 Å². The number of ether oxygens (including phenoxy) is 3. The first-order valence-electron chi connectivity index (χ1n) is 6.92. The topological polar surface area (TPSA) is 73.9 Å². The normalized spacial score (nSPS) is 10.4. The SMILES string of the molecule is CCCNC(=O)/C=C/c1cc(OC)c(OC(C)=O)c(OC)c1. The minimum atomic E-state index is -0.473.